The van der Waals surface area contributed by atoms with Crippen LogP contribution in [0.4, 0.5) is 5.69 Å². The highest BCUT2D eigenvalue weighted by atomic mass is 32.1. The van der Waals surface area contributed by atoms with Crippen LogP contribution in [0.3, 0.4) is 0 Å². The first-order valence-corrected chi connectivity index (χ1v) is 11.7. The summed E-state index contributed by atoms with van der Waals surface area (Å²) in [5.41, 5.74) is 2.59. The molecule has 7 nitrogen and oxygen atoms in total. The first-order valence-electron chi connectivity index (χ1n) is 10.9. The molecule has 1 aromatic heterocycles. The number of benzene rings is 2. The van der Waals surface area contributed by atoms with Gasteiger partial charge in [0.05, 0.1) is 17.5 Å². The third-order valence-electron chi connectivity index (χ3n) is 6.18. The van der Waals surface area contributed by atoms with Gasteiger partial charge in [0.25, 0.3) is 5.91 Å². The number of amides is 1. The normalized spacial score (nSPS) is 20.3. The Kier molecular flexibility index (Phi) is 5.80. The van der Waals surface area contributed by atoms with Crippen molar-refractivity contribution in [2.75, 3.05) is 19.0 Å². The lowest BCUT2D eigenvalue weighted by Gasteiger charge is -2.28. The number of rotatable bonds is 6. The molecule has 1 saturated carbocycles. The van der Waals surface area contributed by atoms with Gasteiger partial charge in [0.15, 0.2) is 17.4 Å². The van der Waals surface area contributed by atoms with Crippen LogP contribution in [0.25, 0.3) is 10.2 Å². The molecule has 0 saturated heterocycles. The van der Waals surface area contributed by atoms with Gasteiger partial charge in [-0.3, -0.25) is 9.59 Å². The first-order chi connectivity index (χ1) is 15.6. The Morgan fingerprint density at radius 1 is 1.25 bits per heavy atom. The fourth-order valence-corrected chi connectivity index (χ4v) is 5.43. The number of ketones is 1. The second-order valence-electron chi connectivity index (χ2n) is 8.29. The van der Waals surface area contributed by atoms with Gasteiger partial charge in [-0.25, -0.2) is 4.98 Å². The standard InChI is InChI=1S/C24H25N3O4S/c1-30-19-3-2-4-20-22(19)27-24(32-20)23(29)15-6-8-16(9-7-15)25-12-14-5-10-18-17(11-14)26-21(28)13-31-18/h2-5,10-11,15-16,25H,6-9,12-13H2,1H3,(H,26,28). The van der Waals surface area contributed by atoms with Gasteiger partial charge in [0, 0.05) is 18.5 Å². The molecule has 32 heavy (non-hydrogen) atoms. The second-order valence-corrected chi connectivity index (χ2v) is 9.32. The van der Waals surface area contributed by atoms with Gasteiger partial charge in [0.2, 0.25) is 0 Å². The van der Waals surface area contributed by atoms with E-state index in [1.54, 1.807) is 7.11 Å². The maximum Gasteiger partial charge on any atom is 0.262 e. The van der Waals surface area contributed by atoms with Crippen molar-refractivity contribution in [3.05, 3.63) is 47.0 Å². The summed E-state index contributed by atoms with van der Waals surface area (Å²) in [6.45, 7) is 0.779. The SMILES string of the molecule is COc1cccc2sc(C(=O)C3CCC(NCc4ccc5c(c4)NC(=O)CO5)CC3)nc12. The van der Waals surface area contributed by atoms with Crippen molar-refractivity contribution >= 4 is 38.9 Å². The van der Waals surface area contributed by atoms with Crippen LogP contribution in [0.5, 0.6) is 11.5 Å². The van der Waals surface area contributed by atoms with Crippen LogP contribution >= 0.6 is 11.3 Å². The largest absolute Gasteiger partial charge is 0.494 e. The van der Waals surface area contributed by atoms with E-state index in [-0.39, 0.29) is 24.2 Å². The van der Waals surface area contributed by atoms with Crippen molar-refractivity contribution in [3.63, 3.8) is 0 Å². The zero-order valence-electron chi connectivity index (χ0n) is 17.8. The van der Waals surface area contributed by atoms with Gasteiger partial charge in [0.1, 0.15) is 17.0 Å². The van der Waals surface area contributed by atoms with Crippen molar-refractivity contribution in [3.8, 4) is 11.5 Å². The Balaban J connectivity index is 1.16. The van der Waals surface area contributed by atoms with Gasteiger partial charge in [-0.15, -0.1) is 11.3 Å². The summed E-state index contributed by atoms with van der Waals surface area (Å²) in [6.07, 6.45) is 3.63. The number of para-hydroxylation sites is 1. The maximum atomic E-state index is 13.1. The van der Waals surface area contributed by atoms with E-state index in [0.717, 1.165) is 47.2 Å². The molecule has 1 aliphatic carbocycles. The van der Waals surface area contributed by atoms with E-state index in [2.05, 4.69) is 15.6 Å². The molecule has 8 heteroatoms. The summed E-state index contributed by atoms with van der Waals surface area (Å²) >= 11 is 1.45. The molecule has 1 aliphatic heterocycles. The molecule has 0 atom stereocenters. The van der Waals surface area contributed by atoms with Crippen molar-refractivity contribution in [1.29, 1.82) is 0 Å². The fraction of sp³-hybridized carbons (Fsp3) is 0.375. The molecule has 166 valence electrons. The average Bonchev–Trinajstić information content (AvgIpc) is 3.27. The molecule has 2 heterocycles. The van der Waals surface area contributed by atoms with E-state index >= 15 is 0 Å². The maximum absolute atomic E-state index is 13.1. The third-order valence-corrected chi connectivity index (χ3v) is 7.22. The first kappa shape index (κ1) is 20.9. The number of fused-ring (bicyclic) bond motifs is 2. The fourth-order valence-electron chi connectivity index (χ4n) is 4.43. The van der Waals surface area contributed by atoms with E-state index < -0.39 is 0 Å². The summed E-state index contributed by atoms with van der Waals surface area (Å²) < 4.78 is 11.8. The van der Waals surface area contributed by atoms with Crippen LogP contribution in [-0.4, -0.2) is 36.4 Å². The van der Waals surface area contributed by atoms with E-state index in [9.17, 15) is 9.59 Å². The predicted molar refractivity (Wildman–Crippen MR) is 124 cm³/mol. The monoisotopic (exact) mass is 451 g/mol. The van der Waals surface area contributed by atoms with Gasteiger partial charge in [-0.1, -0.05) is 12.1 Å². The summed E-state index contributed by atoms with van der Waals surface area (Å²) in [7, 11) is 1.62. The molecule has 1 fully saturated rings. The summed E-state index contributed by atoms with van der Waals surface area (Å²) in [5, 5.41) is 7.03. The van der Waals surface area contributed by atoms with Crippen LogP contribution in [0, 0.1) is 5.92 Å². The number of nitrogens with zero attached hydrogens (tertiary/aromatic N) is 1. The summed E-state index contributed by atoms with van der Waals surface area (Å²) in [4.78, 5) is 29.2. The molecule has 1 amide bonds. The number of thiazole rings is 1. The second kappa shape index (κ2) is 8.88. The van der Waals surface area contributed by atoms with Crippen LogP contribution in [0.1, 0.15) is 41.0 Å². The molecular formula is C24H25N3O4S. The van der Waals surface area contributed by atoms with Crippen LogP contribution in [0.2, 0.25) is 0 Å². The van der Waals surface area contributed by atoms with Crippen LogP contribution < -0.4 is 20.1 Å². The number of ether oxygens (including phenoxy) is 2. The van der Waals surface area contributed by atoms with E-state index in [1.807, 2.05) is 36.4 Å². The van der Waals surface area contributed by atoms with Crippen molar-refractivity contribution in [2.45, 2.75) is 38.3 Å². The van der Waals surface area contributed by atoms with Crippen LogP contribution in [-0.2, 0) is 11.3 Å². The molecule has 2 N–H and O–H groups in total. The molecule has 0 radical (unpaired) electrons. The molecule has 3 aromatic rings. The zero-order valence-corrected chi connectivity index (χ0v) is 18.7. The number of carbonyl (C=O) groups excluding carboxylic acids is 2. The minimum Gasteiger partial charge on any atom is -0.494 e. The number of nitrogens with one attached hydrogen (secondary N) is 2. The smallest absolute Gasteiger partial charge is 0.262 e. The van der Waals surface area contributed by atoms with Gasteiger partial charge >= 0.3 is 0 Å². The van der Waals surface area contributed by atoms with Crippen molar-refractivity contribution < 1.29 is 19.1 Å². The number of methoxy groups -OCH3 is 1. The van der Waals surface area contributed by atoms with Crippen LogP contribution in [0.15, 0.2) is 36.4 Å². The third kappa shape index (κ3) is 4.20. The molecule has 0 unspecified atom stereocenters. The van der Waals surface area contributed by atoms with E-state index in [4.69, 9.17) is 9.47 Å². The minimum atomic E-state index is -0.128. The topological polar surface area (TPSA) is 89.6 Å². The average molecular weight is 452 g/mol. The molecule has 0 bridgehead atoms. The molecule has 2 aliphatic rings. The lowest BCUT2D eigenvalue weighted by atomic mass is 9.83. The number of hydrogen-bond donors (Lipinski definition) is 2. The molecule has 5 rings (SSSR count). The summed E-state index contributed by atoms with van der Waals surface area (Å²) in [5.74, 6) is 1.46. The highest BCUT2D eigenvalue weighted by Crippen LogP contribution is 2.34. The number of anilines is 1. The molecule has 2 aromatic carbocycles. The highest BCUT2D eigenvalue weighted by molar-refractivity contribution is 7.20. The predicted octanol–water partition coefficient (Wildman–Crippen LogP) is 4.17. The van der Waals surface area contributed by atoms with E-state index in [1.165, 1.54) is 11.3 Å². The minimum absolute atomic E-state index is 0.0238. The van der Waals surface area contributed by atoms with Crippen molar-refractivity contribution in [1.82, 2.24) is 10.3 Å². The zero-order chi connectivity index (χ0) is 22.1. The molecule has 0 spiro atoms. The lowest BCUT2D eigenvalue weighted by Crippen LogP contribution is -2.34. The summed E-state index contributed by atoms with van der Waals surface area (Å²) in [6, 6.07) is 12.0. The number of hydrogen-bond acceptors (Lipinski definition) is 7. The lowest BCUT2D eigenvalue weighted by molar-refractivity contribution is -0.118. The van der Waals surface area contributed by atoms with Gasteiger partial charge in [-0.05, 0) is 55.5 Å². The quantitative estimate of drug-likeness (QED) is 0.547. The number of aromatic nitrogens is 1. The Bertz CT molecular complexity index is 1170. The highest BCUT2D eigenvalue weighted by Gasteiger charge is 2.29. The van der Waals surface area contributed by atoms with Crippen molar-refractivity contribution in [2.24, 2.45) is 5.92 Å². The number of carbonyl (C=O) groups is 2. The number of Topliss-reactive ketones (excluding diaryl/α,β-unsaturated/α-hetero) is 1. The van der Waals surface area contributed by atoms with Gasteiger partial charge in [-0.2, -0.15) is 0 Å². The Morgan fingerprint density at radius 2 is 2.09 bits per heavy atom. The van der Waals surface area contributed by atoms with Gasteiger partial charge < -0.3 is 20.1 Å². The Hall–Kier alpha value is -2.97. The Morgan fingerprint density at radius 3 is 2.91 bits per heavy atom. The molecular weight excluding hydrogens is 426 g/mol. The Labute approximate surface area is 190 Å². The van der Waals surface area contributed by atoms with E-state index in [0.29, 0.717) is 29.1 Å².